The Morgan fingerprint density at radius 1 is 1.56 bits per heavy atom. The molecule has 0 spiro atoms. The van der Waals surface area contributed by atoms with E-state index in [0.717, 1.165) is 12.1 Å². The Balaban J connectivity index is 3.57. The van der Waals surface area contributed by atoms with Gasteiger partial charge in [0.05, 0.1) is 5.70 Å². The third-order valence-electron chi connectivity index (χ3n) is 0.773. The molecule has 0 radical (unpaired) electrons. The van der Waals surface area contributed by atoms with Crippen LogP contribution in [0.3, 0.4) is 0 Å². The molecular formula is C6H13N3. The molecule has 0 saturated carbocycles. The van der Waals surface area contributed by atoms with E-state index in [1.807, 2.05) is 21.0 Å². The van der Waals surface area contributed by atoms with E-state index in [9.17, 15) is 0 Å². The zero-order chi connectivity index (χ0) is 7.28. The maximum absolute atomic E-state index is 3.80. The van der Waals surface area contributed by atoms with Crippen LogP contribution in [0.4, 0.5) is 0 Å². The number of rotatable bonds is 3. The summed E-state index contributed by atoms with van der Waals surface area (Å²) in [5, 5.41) is 9.19. The Hall–Kier alpha value is -0.860. The lowest BCUT2D eigenvalue weighted by atomic mass is 10.4. The van der Waals surface area contributed by atoms with Crippen molar-refractivity contribution in [3.8, 4) is 0 Å². The van der Waals surface area contributed by atoms with Crippen molar-refractivity contribution in [3.63, 3.8) is 0 Å². The van der Waals surface area contributed by atoms with E-state index >= 15 is 0 Å². The summed E-state index contributed by atoms with van der Waals surface area (Å²) in [7, 11) is 3.65. The van der Waals surface area contributed by atoms with E-state index in [4.69, 9.17) is 0 Å². The van der Waals surface area contributed by atoms with Crippen LogP contribution in [0, 0.1) is 0 Å². The first-order valence-electron chi connectivity index (χ1n) is 2.93. The number of nitrogens with zero attached hydrogens (tertiary/aromatic N) is 3. The number of hydrogen-bond donors (Lipinski definition) is 0. The van der Waals surface area contributed by atoms with Gasteiger partial charge in [-0.2, -0.15) is 0 Å². The van der Waals surface area contributed by atoms with Crippen LogP contribution in [0.5, 0.6) is 0 Å². The fraction of sp³-hybridized carbons (Fsp3) is 0.667. The van der Waals surface area contributed by atoms with Gasteiger partial charge in [-0.15, -0.1) is 5.11 Å². The van der Waals surface area contributed by atoms with E-state index in [-0.39, 0.29) is 0 Å². The fourth-order valence-electron chi connectivity index (χ4n) is 0.223. The molecule has 0 aliphatic heterocycles. The smallest absolute Gasteiger partial charge is 0.0573 e. The normalized spacial score (nSPS) is 10.1. The molecule has 3 nitrogen and oxygen atoms in total. The van der Waals surface area contributed by atoms with E-state index in [0.29, 0.717) is 0 Å². The van der Waals surface area contributed by atoms with Crippen molar-refractivity contribution < 1.29 is 0 Å². The first-order chi connectivity index (χ1) is 4.16. The lowest BCUT2D eigenvalue weighted by Gasteiger charge is -1.99. The molecule has 9 heavy (non-hydrogen) atoms. The van der Waals surface area contributed by atoms with Gasteiger partial charge in [-0.25, -0.2) is 0 Å². The van der Waals surface area contributed by atoms with Crippen LogP contribution >= 0.6 is 0 Å². The van der Waals surface area contributed by atoms with Crippen molar-refractivity contribution in [2.45, 2.75) is 13.3 Å². The number of hydrogen-bond acceptors (Lipinski definition) is 2. The van der Waals surface area contributed by atoms with Gasteiger partial charge in [0.1, 0.15) is 0 Å². The molecule has 0 atom stereocenters. The van der Waals surface area contributed by atoms with Crippen LogP contribution in [0.1, 0.15) is 13.3 Å². The summed E-state index contributed by atoms with van der Waals surface area (Å²) in [6.07, 6.45) is 0.858. The highest BCUT2D eigenvalue weighted by molar-refractivity contribution is 4.86. The summed E-state index contributed by atoms with van der Waals surface area (Å²) in [5.74, 6) is 0. The van der Waals surface area contributed by atoms with Crippen molar-refractivity contribution in [3.05, 3.63) is 12.3 Å². The summed E-state index contributed by atoms with van der Waals surface area (Å²) in [4.78, 5) is 0. The Morgan fingerprint density at radius 3 is 2.44 bits per heavy atom. The molecule has 0 aromatic carbocycles. The van der Waals surface area contributed by atoms with Crippen molar-refractivity contribution >= 4 is 0 Å². The average molecular weight is 127 g/mol. The van der Waals surface area contributed by atoms with Crippen molar-refractivity contribution in [1.82, 2.24) is 5.01 Å². The zero-order valence-electron chi connectivity index (χ0n) is 6.26. The van der Waals surface area contributed by atoms with E-state index in [1.165, 1.54) is 0 Å². The highest BCUT2D eigenvalue weighted by Crippen LogP contribution is 1.98. The minimum absolute atomic E-state index is 0.809. The van der Waals surface area contributed by atoms with Gasteiger partial charge >= 0.3 is 0 Å². The Labute approximate surface area is 56.1 Å². The fourth-order valence-corrected chi connectivity index (χ4v) is 0.223. The molecule has 0 aliphatic carbocycles. The molecule has 0 aromatic heterocycles. The molecule has 0 aromatic rings. The predicted molar refractivity (Wildman–Crippen MR) is 38.0 cm³/mol. The molecule has 0 aliphatic rings. The molecule has 52 valence electrons. The standard InChI is InChI=1S/C6H13N3/c1-5-6(2)7-8-9(3)4/h2,5H2,1,3-4H3. The van der Waals surface area contributed by atoms with Gasteiger partial charge in [0, 0.05) is 14.1 Å². The monoisotopic (exact) mass is 127 g/mol. The van der Waals surface area contributed by atoms with Gasteiger partial charge in [0.25, 0.3) is 0 Å². The van der Waals surface area contributed by atoms with Gasteiger partial charge in [-0.05, 0) is 6.42 Å². The predicted octanol–water partition coefficient (Wildman–Crippen LogP) is 1.84. The van der Waals surface area contributed by atoms with Gasteiger partial charge in [0.2, 0.25) is 0 Å². The van der Waals surface area contributed by atoms with E-state index in [2.05, 4.69) is 16.9 Å². The second-order valence-electron chi connectivity index (χ2n) is 1.96. The second kappa shape index (κ2) is 4.06. The maximum atomic E-state index is 3.80. The summed E-state index contributed by atoms with van der Waals surface area (Å²) >= 11 is 0. The molecule has 0 saturated heterocycles. The quantitative estimate of drug-likeness (QED) is 0.420. The van der Waals surface area contributed by atoms with Crippen LogP contribution < -0.4 is 0 Å². The van der Waals surface area contributed by atoms with Gasteiger partial charge < -0.3 is 0 Å². The van der Waals surface area contributed by atoms with Gasteiger partial charge in [0.15, 0.2) is 0 Å². The van der Waals surface area contributed by atoms with Crippen molar-refractivity contribution in [2.75, 3.05) is 14.1 Å². The van der Waals surface area contributed by atoms with E-state index in [1.54, 1.807) is 5.01 Å². The summed E-state index contributed by atoms with van der Waals surface area (Å²) in [6, 6.07) is 0. The van der Waals surface area contributed by atoms with Crippen LogP contribution in [0.25, 0.3) is 0 Å². The minimum atomic E-state index is 0.809. The summed E-state index contributed by atoms with van der Waals surface area (Å²) < 4.78 is 0. The Kier molecular flexibility index (Phi) is 3.67. The molecule has 0 unspecified atom stereocenters. The van der Waals surface area contributed by atoms with Crippen LogP contribution in [0.15, 0.2) is 22.6 Å². The molecule has 0 amide bonds. The van der Waals surface area contributed by atoms with Crippen LogP contribution in [0.2, 0.25) is 0 Å². The molecule has 0 fully saturated rings. The average Bonchev–Trinajstić information content (AvgIpc) is 1.83. The lowest BCUT2D eigenvalue weighted by Crippen LogP contribution is -1.99. The van der Waals surface area contributed by atoms with Crippen LogP contribution in [-0.4, -0.2) is 19.1 Å². The van der Waals surface area contributed by atoms with Crippen LogP contribution in [-0.2, 0) is 0 Å². The SMILES string of the molecule is C=C(CC)N=NN(C)C. The topological polar surface area (TPSA) is 28.0 Å². The first kappa shape index (κ1) is 8.14. The van der Waals surface area contributed by atoms with Crippen molar-refractivity contribution in [2.24, 2.45) is 10.3 Å². The maximum Gasteiger partial charge on any atom is 0.0573 e. The number of allylic oxidation sites excluding steroid dienone is 1. The molecule has 0 rings (SSSR count). The Bertz CT molecular complexity index is 115. The Morgan fingerprint density at radius 2 is 2.11 bits per heavy atom. The molecular weight excluding hydrogens is 114 g/mol. The molecule has 0 N–H and O–H groups in total. The highest BCUT2D eigenvalue weighted by Gasteiger charge is 1.82. The lowest BCUT2D eigenvalue weighted by molar-refractivity contribution is 0.404. The minimum Gasteiger partial charge on any atom is -0.285 e. The second-order valence-corrected chi connectivity index (χ2v) is 1.96. The van der Waals surface area contributed by atoms with Gasteiger partial charge in [-0.3, -0.25) is 5.01 Å². The first-order valence-corrected chi connectivity index (χ1v) is 2.93. The third-order valence-corrected chi connectivity index (χ3v) is 0.773. The van der Waals surface area contributed by atoms with E-state index < -0.39 is 0 Å². The van der Waals surface area contributed by atoms with Gasteiger partial charge in [-0.1, -0.05) is 18.7 Å². The summed E-state index contributed by atoms with van der Waals surface area (Å²) in [5.41, 5.74) is 0.809. The molecule has 0 heterocycles. The van der Waals surface area contributed by atoms with Crippen molar-refractivity contribution in [1.29, 1.82) is 0 Å². The largest absolute Gasteiger partial charge is 0.285 e. The zero-order valence-corrected chi connectivity index (χ0v) is 6.26. The molecule has 0 bridgehead atoms. The highest BCUT2D eigenvalue weighted by atomic mass is 15.5. The molecule has 3 heteroatoms. The summed E-state index contributed by atoms with van der Waals surface area (Å²) in [6.45, 7) is 5.66. The third kappa shape index (κ3) is 5.00.